The van der Waals surface area contributed by atoms with Crippen LogP contribution in [0, 0.1) is 29.6 Å². The number of carbonyl (C=O) groups excluding carboxylic acids is 3. The molecule has 1 aromatic heterocycles. The molecule has 27 heavy (non-hydrogen) atoms. The number of ether oxygens (including phenoxy) is 1. The number of likely N-dealkylation sites (tertiary alicyclic amines) is 1. The van der Waals surface area contributed by atoms with Crippen LogP contribution < -0.4 is 0 Å². The summed E-state index contributed by atoms with van der Waals surface area (Å²) < 4.78 is 5.15. The molecule has 1 fully saturated rings. The summed E-state index contributed by atoms with van der Waals surface area (Å²) >= 11 is 1.25. The van der Waals surface area contributed by atoms with Crippen LogP contribution in [-0.4, -0.2) is 47.2 Å². The van der Waals surface area contributed by atoms with Gasteiger partial charge in [-0.3, -0.25) is 14.4 Å². The van der Waals surface area contributed by atoms with Crippen LogP contribution in [0.4, 0.5) is 0 Å². The number of ketones is 1. The van der Waals surface area contributed by atoms with Crippen LogP contribution in [0.25, 0.3) is 0 Å². The van der Waals surface area contributed by atoms with Crippen LogP contribution in [0.1, 0.15) is 50.2 Å². The van der Waals surface area contributed by atoms with Crippen molar-refractivity contribution >= 4 is 29.0 Å². The lowest BCUT2D eigenvalue weighted by atomic mass is 9.91. The van der Waals surface area contributed by atoms with E-state index in [2.05, 4.69) is 4.98 Å². The van der Waals surface area contributed by atoms with Crippen molar-refractivity contribution in [3.63, 3.8) is 0 Å². The van der Waals surface area contributed by atoms with E-state index in [1.54, 1.807) is 17.2 Å². The molecule has 0 unspecified atom stereocenters. The van der Waals surface area contributed by atoms with Gasteiger partial charge in [0.25, 0.3) is 0 Å². The minimum atomic E-state index is -1.01. The molecule has 0 saturated carbocycles. The Labute approximate surface area is 163 Å². The van der Waals surface area contributed by atoms with Crippen molar-refractivity contribution in [2.24, 2.45) is 11.3 Å². The first-order valence-corrected chi connectivity index (χ1v) is 9.81. The monoisotopic (exact) mass is 391 g/mol. The highest BCUT2D eigenvalue weighted by Crippen LogP contribution is 2.25. The molecule has 2 rings (SSSR count). The molecule has 7 nitrogen and oxygen atoms in total. The van der Waals surface area contributed by atoms with Crippen LogP contribution in [-0.2, 0) is 19.1 Å². The lowest BCUT2D eigenvalue weighted by Crippen LogP contribution is -2.45. The minimum absolute atomic E-state index is 0.0695. The first kappa shape index (κ1) is 21.0. The molecular weight excluding hydrogens is 366 g/mol. The van der Waals surface area contributed by atoms with Gasteiger partial charge in [0, 0.05) is 29.6 Å². The predicted octanol–water partition coefficient (Wildman–Crippen LogP) is 2.46. The number of hydrogen-bond acceptors (Lipinski definition) is 7. The second-order valence-corrected chi connectivity index (χ2v) is 8.67. The molecule has 1 amide bonds. The quantitative estimate of drug-likeness (QED) is 0.715. The Balaban J connectivity index is 1.83. The van der Waals surface area contributed by atoms with Gasteiger partial charge in [0.2, 0.25) is 5.91 Å². The molecule has 8 heteroatoms. The molecule has 0 N–H and O–H groups in total. The van der Waals surface area contributed by atoms with Gasteiger partial charge in [-0.05, 0) is 19.8 Å². The maximum atomic E-state index is 12.3. The molecule has 1 aliphatic heterocycles. The van der Waals surface area contributed by atoms with Gasteiger partial charge in [0.1, 0.15) is 5.01 Å². The number of thiazole rings is 1. The largest absolute Gasteiger partial charge is 0.457 e. The maximum Gasteiger partial charge on any atom is 0.309 e. The van der Waals surface area contributed by atoms with Gasteiger partial charge in [0.05, 0.1) is 12.0 Å². The second-order valence-electron chi connectivity index (χ2n) is 7.78. The number of nitrogens with zero attached hydrogens (tertiary/aromatic N) is 3. The Morgan fingerprint density at radius 3 is 2.48 bits per heavy atom. The van der Waals surface area contributed by atoms with Gasteiger partial charge in [-0.25, -0.2) is 4.98 Å². The molecule has 1 atom stereocenters. The molecule has 0 radical (unpaired) electrons. The van der Waals surface area contributed by atoms with Gasteiger partial charge >= 0.3 is 5.97 Å². The van der Waals surface area contributed by atoms with E-state index in [1.807, 2.05) is 26.8 Å². The number of nitriles is 1. The molecule has 1 saturated heterocycles. The Morgan fingerprint density at radius 1 is 1.37 bits per heavy atom. The number of amides is 1. The van der Waals surface area contributed by atoms with Crippen LogP contribution in [0.2, 0.25) is 0 Å². The first-order valence-electron chi connectivity index (χ1n) is 8.94. The third kappa shape index (κ3) is 5.36. The predicted molar refractivity (Wildman–Crippen MR) is 99.9 cm³/mol. The summed E-state index contributed by atoms with van der Waals surface area (Å²) in [4.78, 5) is 42.7. The van der Waals surface area contributed by atoms with Gasteiger partial charge in [0.15, 0.2) is 18.3 Å². The number of hydrogen-bond donors (Lipinski definition) is 0. The molecule has 146 valence electrons. The Bertz CT molecular complexity index is 752. The van der Waals surface area contributed by atoms with E-state index in [9.17, 15) is 19.6 Å². The van der Waals surface area contributed by atoms with Gasteiger partial charge in [-0.1, -0.05) is 20.8 Å². The smallest absolute Gasteiger partial charge is 0.309 e. The fourth-order valence-electron chi connectivity index (χ4n) is 2.91. The summed E-state index contributed by atoms with van der Waals surface area (Å²) in [5.41, 5.74) is 0.303. The summed E-state index contributed by atoms with van der Waals surface area (Å²) in [6, 6.07) is 1.93. The fraction of sp³-hybridized carbons (Fsp3) is 0.632. The number of piperidine rings is 1. The number of Topliss-reactive ketones (excluding diaryl/α,β-unsaturated/α-hetero) is 1. The van der Waals surface area contributed by atoms with Crippen LogP contribution in [0.5, 0.6) is 0 Å². The van der Waals surface area contributed by atoms with E-state index in [-0.39, 0.29) is 11.8 Å². The number of carbonyl (C=O) groups is 3. The SMILES string of the molecule is Cc1csc([C@@H](C#N)C(=O)COC(=O)C2CCN(C(=O)C(C)(C)C)CC2)n1. The normalized spacial score (nSPS) is 16.5. The van der Waals surface area contributed by atoms with E-state index in [1.165, 1.54) is 11.3 Å². The molecule has 0 bridgehead atoms. The van der Waals surface area contributed by atoms with E-state index in [0.29, 0.717) is 30.9 Å². The maximum absolute atomic E-state index is 12.3. The zero-order chi connectivity index (χ0) is 20.2. The Morgan fingerprint density at radius 2 is 2.00 bits per heavy atom. The molecule has 2 heterocycles. The van der Waals surface area contributed by atoms with Crippen molar-refractivity contribution < 1.29 is 19.1 Å². The van der Waals surface area contributed by atoms with Crippen molar-refractivity contribution in [3.8, 4) is 6.07 Å². The summed E-state index contributed by atoms with van der Waals surface area (Å²) in [7, 11) is 0. The zero-order valence-corrected chi connectivity index (χ0v) is 17.0. The van der Waals surface area contributed by atoms with Gasteiger partial charge < -0.3 is 9.64 Å². The number of aryl methyl sites for hydroxylation is 1. The highest BCUT2D eigenvalue weighted by molar-refractivity contribution is 7.09. The van der Waals surface area contributed by atoms with Crippen molar-refractivity contribution in [1.29, 1.82) is 5.26 Å². The standard InChI is InChI=1S/C19H25N3O4S/c1-12-11-27-16(21-12)14(9-20)15(23)10-26-17(24)13-5-7-22(8-6-13)18(25)19(2,3)4/h11,13-14H,5-8,10H2,1-4H3/t14-/m0/s1. The Hall–Kier alpha value is -2.27. The topological polar surface area (TPSA) is 100 Å². The zero-order valence-electron chi connectivity index (χ0n) is 16.2. The minimum Gasteiger partial charge on any atom is -0.457 e. The number of esters is 1. The lowest BCUT2D eigenvalue weighted by Gasteiger charge is -2.34. The van der Waals surface area contributed by atoms with Gasteiger partial charge in [-0.15, -0.1) is 11.3 Å². The number of rotatable bonds is 5. The molecule has 1 aromatic rings. The number of aromatic nitrogens is 1. The third-order valence-electron chi connectivity index (χ3n) is 4.45. The van der Waals surface area contributed by atoms with Crippen molar-refractivity contribution in [1.82, 2.24) is 9.88 Å². The molecule has 0 spiro atoms. The summed E-state index contributed by atoms with van der Waals surface area (Å²) in [6.45, 7) is 7.98. The van der Waals surface area contributed by atoms with Crippen LogP contribution in [0.15, 0.2) is 5.38 Å². The van der Waals surface area contributed by atoms with E-state index < -0.39 is 29.7 Å². The van der Waals surface area contributed by atoms with Crippen LogP contribution in [0.3, 0.4) is 0 Å². The van der Waals surface area contributed by atoms with Gasteiger partial charge in [-0.2, -0.15) is 5.26 Å². The highest BCUT2D eigenvalue weighted by Gasteiger charge is 2.33. The highest BCUT2D eigenvalue weighted by atomic mass is 32.1. The van der Waals surface area contributed by atoms with Crippen molar-refractivity contribution in [3.05, 3.63) is 16.1 Å². The lowest BCUT2D eigenvalue weighted by molar-refractivity contribution is -0.155. The average molecular weight is 391 g/mol. The molecule has 0 aliphatic carbocycles. The molecule has 0 aromatic carbocycles. The summed E-state index contributed by atoms with van der Waals surface area (Å²) in [6.07, 6.45) is 1.03. The van der Waals surface area contributed by atoms with Crippen molar-refractivity contribution in [2.45, 2.75) is 46.5 Å². The van der Waals surface area contributed by atoms with E-state index in [0.717, 1.165) is 5.69 Å². The Kier molecular flexibility index (Phi) is 6.71. The van der Waals surface area contributed by atoms with Crippen molar-refractivity contribution in [2.75, 3.05) is 19.7 Å². The first-order chi connectivity index (χ1) is 12.6. The third-order valence-corrected chi connectivity index (χ3v) is 5.48. The summed E-state index contributed by atoms with van der Waals surface area (Å²) in [5.74, 6) is -2.19. The second kappa shape index (κ2) is 8.61. The van der Waals surface area contributed by atoms with E-state index in [4.69, 9.17) is 4.74 Å². The van der Waals surface area contributed by atoms with Crippen LogP contribution >= 0.6 is 11.3 Å². The molecular formula is C19H25N3O4S. The summed E-state index contributed by atoms with van der Waals surface area (Å²) in [5, 5.41) is 11.4. The fourth-order valence-corrected chi connectivity index (χ4v) is 3.77. The van der Waals surface area contributed by atoms with E-state index >= 15 is 0 Å². The molecule has 1 aliphatic rings. The average Bonchev–Trinajstić information content (AvgIpc) is 3.05.